The van der Waals surface area contributed by atoms with Crippen LogP contribution in [-0.2, 0) is 28.1 Å². The number of fused-ring (bicyclic) bond motifs is 1. The molecular formula is C48H49F4N11O5. The highest BCUT2D eigenvalue weighted by molar-refractivity contribution is 6.23. The number of alkyl halides is 3. The predicted molar refractivity (Wildman–Crippen MR) is 238 cm³/mol. The summed E-state index contributed by atoms with van der Waals surface area (Å²) in [7, 11) is 0. The first-order chi connectivity index (χ1) is 32.4. The third-order valence-electron chi connectivity index (χ3n) is 14.2. The zero-order chi connectivity index (χ0) is 47.9. The molecule has 1 spiro atoms. The number of halogens is 4. The van der Waals surface area contributed by atoms with Gasteiger partial charge in [0, 0.05) is 56.8 Å². The summed E-state index contributed by atoms with van der Waals surface area (Å²) in [4.78, 5) is 75.1. The van der Waals surface area contributed by atoms with Crippen molar-refractivity contribution in [2.24, 2.45) is 5.41 Å². The number of hydrogen-bond acceptors (Lipinski definition) is 11. The number of rotatable bonds is 11. The van der Waals surface area contributed by atoms with Gasteiger partial charge >= 0.3 is 6.18 Å². The summed E-state index contributed by atoms with van der Waals surface area (Å²) >= 11 is 0. The van der Waals surface area contributed by atoms with Crippen molar-refractivity contribution < 1.29 is 41.5 Å². The fourth-order valence-electron chi connectivity index (χ4n) is 10.1. The first-order valence-corrected chi connectivity index (χ1v) is 22.6. The van der Waals surface area contributed by atoms with Gasteiger partial charge in [0.15, 0.2) is 5.82 Å². The smallest absolute Gasteiger partial charge is 0.368 e. The van der Waals surface area contributed by atoms with Crippen LogP contribution < -0.4 is 15.5 Å². The van der Waals surface area contributed by atoms with Gasteiger partial charge in [-0.3, -0.25) is 49.1 Å². The van der Waals surface area contributed by atoms with Crippen molar-refractivity contribution in [3.63, 3.8) is 0 Å². The summed E-state index contributed by atoms with van der Waals surface area (Å²) in [6.45, 7) is 9.78. The maximum absolute atomic E-state index is 15.4. The lowest BCUT2D eigenvalue weighted by atomic mass is 9.71. The van der Waals surface area contributed by atoms with Crippen LogP contribution in [0.2, 0.25) is 0 Å². The number of aromatic nitrogens is 5. The van der Waals surface area contributed by atoms with Gasteiger partial charge in [0.05, 0.1) is 40.8 Å². The van der Waals surface area contributed by atoms with Crippen LogP contribution in [0.15, 0.2) is 67.0 Å². The van der Waals surface area contributed by atoms with Crippen LogP contribution in [0.1, 0.15) is 93.4 Å². The number of aromatic amines is 1. The van der Waals surface area contributed by atoms with Crippen molar-refractivity contribution >= 4 is 35.2 Å². The van der Waals surface area contributed by atoms with Gasteiger partial charge in [0.1, 0.15) is 23.1 Å². The standard InChI is InChI=1S/C48H49F4N11O5/c1-27-16-30(8-9-36(27)62-22-31(19-54-62)41(65)53-20-39-55-45(58-57-39)46(2,3)48(50,51)52)29-6-4-28(5-7-29)21-59-14-12-32(13-15-59)60-23-47(24-60)25-61(26-47)38-18-34-33(17-35(38)49)43(67)63(44(34)68)37-10-11-40(64)56-42(37)66/h4-9,16-19,22,32,37H,10-15,20-21,23-26H2,1-3H3,(H,53,65)(H,55,57,58)(H,56,64,66). The zero-order valence-electron chi connectivity index (χ0n) is 37.6. The maximum Gasteiger partial charge on any atom is 0.401 e. The molecule has 0 aliphatic carbocycles. The number of amides is 5. The predicted octanol–water partition coefficient (Wildman–Crippen LogP) is 5.06. The van der Waals surface area contributed by atoms with Crippen molar-refractivity contribution in [1.82, 2.24) is 50.3 Å². The number of piperidine rings is 2. The van der Waals surface area contributed by atoms with E-state index in [1.165, 1.54) is 17.8 Å². The Bertz CT molecular complexity index is 2850. The molecule has 2 aromatic heterocycles. The largest absolute Gasteiger partial charge is 0.401 e. The van der Waals surface area contributed by atoms with E-state index < -0.39 is 58.8 Å². The second kappa shape index (κ2) is 16.8. The highest BCUT2D eigenvalue weighted by Crippen LogP contribution is 2.45. The molecule has 1 unspecified atom stereocenters. The van der Waals surface area contributed by atoms with Gasteiger partial charge in [-0.2, -0.15) is 23.4 Å². The molecule has 4 saturated heterocycles. The Kier molecular flexibility index (Phi) is 11.1. The molecule has 4 fully saturated rings. The van der Waals surface area contributed by atoms with E-state index in [0.29, 0.717) is 19.1 Å². The van der Waals surface area contributed by atoms with Crippen molar-refractivity contribution in [2.45, 2.75) is 83.2 Å². The summed E-state index contributed by atoms with van der Waals surface area (Å²) in [6.07, 6.45) is 0.647. The molecule has 1 atom stereocenters. The molecule has 20 heteroatoms. The van der Waals surface area contributed by atoms with E-state index in [1.807, 2.05) is 24.0 Å². The van der Waals surface area contributed by atoms with Crippen LogP contribution in [0, 0.1) is 18.2 Å². The normalized spacial score (nSPS) is 20.1. The molecule has 5 aliphatic heterocycles. The number of carbonyl (C=O) groups is 5. The number of imide groups is 2. The van der Waals surface area contributed by atoms with Crippen molar-refractivity contribution in [3.8, 4) is 16.8 Å². The molecule has 354 valence electrons. The van der Waals surface area contributed by atoms with Gasteiger partial charge in [0.25, 0.3) is 17.7 Å². The van der Waals surface area contributed by atoms with Crippen LogP contribution in [0.3, 0.4) is 0 Å². The monoisotopic (exact) mass is 935 g/mol. The maximum atomic E-state index is 15.4. The van der Waals surface area contributed by atoms with Gasteiger partial charge in [0.2, 0.25) is 11.8 Å². The molecule has 10 rings (SSSR count). The van der Waals surface area contributed by atoms with Crippen LogP contribution in [-0.4, -0.2) is 127 Å². The highest BCUT2D eigenvalue weighted by atomic mass is 19.4. The molecule has 5 aliphatic rings. The highest BCUT2D eigenvalue weighted by Gasteiger charge is 2.55. The summed E-state index contributed by atoms with van der Waals surface area (Å²) in [5, 5.41) is 15.4. The molecule has 3 N–H and O–H groups in total. The minimum atomic E-state index is -4.54. The van der Waals surface area contributed by atoms with E-state index in [4.69, 9.17) is 0 Å². The first kappa shape index (κ1) is 45.0. The topological polar surface area (TPSA) is 182 Å². The number of nitrogens with zero attached hydrogens (tertiary/aromatic N) is 8. The minimum Gasteiger partial charge on any atom is -0.368 e. The van der Waals surface area contributed by atoms with Gasteiger partial charge in [-0.15, -0.1) is 0 Å². The average Bonchev–Trinajstić information content (AvgIpc) is 4.02. The molecule has 5 amide bonds. The van der Waals surface area contributed by atoms with E-state index in [-0.39, 0.29) is 53.0 Å². The zero-order valence-corrected chi connectivity index (χ0v) is 37.6. The van der Waals surface area contributed by atoms with E-state index in [2.05, 4.69) is 71.0 Å². The first-order valence-electron chi connectivity index (χ1n) is 22.6. The van der Waals surface area contributed by atoms with E-state index >= 15 is 4.39 Å². The lowest BCUT2D eigenvalue weighted by Crippen LogP contribution is -2.74. The lowest BCUT2D eigenvalue weighted by molar-refractivity contribution is -0.182. The molecule has 0 bridgehead atoms. The number of hydrogen-bond donors (Lipinski definition) is 3. The van der Waals surface area contributed by atoms with Crippen LogP contribution in [0.5, 0.6) is 0 Å². The fourth-order valence-corrected chi connectivity index (χ4v) is 10.1. The molecule has 7 heterocycles. The molecule has 16 nitrogen and oxygen atoms in total. The summed E-state index contributed by atoms with van der Waals surface area (Å²) in [5.41, 5.74) is 3.44. The summed E-state index contributed by atoms with van der Waals surface area (Å²) in [6, 6.07) is 16.5. The molecular weight excluding hydrogens is 887 g/mol. The van der Waals surface area contributed by atoms with Crippen molar-refractivity contribution in [1.29, 1.82) is 0 Å². The SMILES string of the molecule is Cc1cc(-c2ccc(CN3CCC(N4CC5(CN(c6cc7c(cc6F)C(=O)N(C6CCC(=O)NC6=O)C7=O)C5)C4)CC3)cc2)ccc1-n1cc(C(=O)NCc2nc(C(C)(C)C(F)(F)F)n[nH]2)cn1. The Morgan fingerprint density at radius 2 is 1.57 bits per heavy atom. The number of anilines is 1. The Hall–Kier alpha value is -6.80. The van der Waals surface area contributed by atoms with Crippen molar-refractivity contribution in [3.05, 3.63) is 112 Å². The minimum absolute atomic E-state index is 0.0128. The summed E-state index contributed by atoms with van der Waals surface area (Å²) < 4.78 is 57.2. The number of benzene rings is 3. The fraction of sp³-hybridized carbons (Fsp3) is 0.417. The van der Waals surface area contributed by atoms with Crippen LogP contribution in [0.4, 0.5) is 23.2 Å². The van der Waals surface area contributed by atoms with Crippen molar-refractivity contribution in [2.75, 3.05) is 44.2 Å². The molecule has 3 aromatic carbocycles. The number of carbonyl (C=O) groups excluding carboxylic acids is 5. The second-order valence-electron chi connectivity index (χ2n) is 19.3. The average molecular weight is 936 g/mol. The summed E-state index contributed by atoms with van der Waals surface area (Å²) in [5.74, 6) is -3.87. The van der Waals surface area contributed by atoms with Crippen LogP contribution in [0.25, 0.3) is 16.8 Å². The Morgan fingerprint density at radius 1 is 0.882 bits per heavy atom. The van der Waals surface area contributed by atoms with Crippen LogP contribution >= 0.6 is 0 Å². The number of aryl methyl sites for hydroxylation is 1. The number of nitrogens with one attached hydrogen (secondary N) is 3. The molecule has 5 aromatic rings. The van der Waals surface area contributed by atoms with Gasteiger partial charge < -0.3 is 10.2 Å². The number of H-pyrrole nitrogens is 1. The number of likely N-dealkylation sites (tertiary alicyclic amines) is 2. The quantitative estimate of drug-likeness (QED) is 0.119. The van der Waals surface area contributed by atoms with E-state index in [9.17, 15) is 37.1 Å². The molecule has 68 heavy (non-hydrogen) atoms. The van der Waals surface area contributed by atoms with Gasteiger partial charge in [-0.05, 0) is 99.6 Å². The molecule has 0 radical (unpaired) electrons. The molecule has 0 saturated carbocycles. The second-order valence-corrected chi connectivity index (χ2v) is 19.3. The Balaban J connectivity index is 0.673. The van der Waals surface area contributed by atoms with E-state index in [0.717, 1.165) is 92.8 Å². The Labute approximate surface area is 388 Å². The third kappa shape index (κ3) is 8.11. The van der Waals surface area contributed by atoms with Gasteiger partial charge in [-0.1, -0.05) is 30.3 Å². The van der Waals surface area contributed by atoms with E-state index in [1.54, 1.807) is 10.9 Å². The van der Waals surface area contributed by atoms with Gasteiger partial charge in [-0.25, -0.2) is 14.1 Å². The lowest BCUT2D eigenvalue weighted by Gasteiger charge is -2.63. The third-order valence-corrected chi connectivity index (χ3v) is 14.2. The Morgan fingerprint density at radius 3 is 2.25 bits per heavy atom.